The molecule has 0 unspecified atom stereocenters. The van der Waals surface area contributed by atoms with Gasteiger partial charge in [-0.15, -0.1) is 22.7 Å². The summed E-state index contributed by atoms with van der Waals surface area (Å²) in [6.45, 7) is 12.7. The number of aromatic nitrogens is 2. The molecular formula is C45H76ClLiN2S4Sn3. The third kappa shape index (κ3) is 17.1. The van der Waals surface area contributed by atoms with E-state index in [9.17, 15) is 0 Å². The molecule has 6 aromatic heterocycles. The van der Waals surface area contributed by atoms with Gasteiger partial charge in [0.2, 0.25) is 0 Å². The molecule has 6 rings (SSSR count). The minimum Gasteiger partial charge on any atom is 1.00 e. The summed E-state index contributed by atoms with van der Waals surface area (Å²) in [4.78, 5) is 21.8. The van der Waals surface area contributed by atoms with E-state index in [0.717, 1.165) is 6.42 Å². The van der Waals surface area contributed by atoms with Gasteiger partial charge in [0.25, 0.3) is 0 Å². The van der Waals surface area contributed by atoms with Crippen molar-refractivity contribution in [3.63, 3.8) is 0 Å². The predicted octanol–water partition coefficient (Wildman–Crippen LogP) is 14.3. The molecule has 0 aliphatic heterocycles. The summed E-state index contributed by atoms with van der Waals surface area (Å²) in [7, 11) is 5.74. The fourth-order valence-electron chi connectivity index (χ4n) is 6.44. The molecule has 6 heterocycles. The number of fused-ring (bicyclic) bond motifs is 6. The first-order chi connectivity index (χ1) is 26.0. The number of rotatable bonds is 17. The Bertz CT molecular complexity index is 1840. The van der Waals surface area contributed by atoms with Crippen molar-refractivity contribution in [1.82, 2.24) is 9.13 Å². The van der Waals surface area contributed by atoms with Gasteiger partial charge < -0.3 is 11.5 Å². The first kappa shape index (κ1) is 53.8. The second kappa shape index (κ2) is 26.3. The van der Waals surface area contributed by atoms with Crippen LogP contribution in [-0.2, 0) is 13.1 Å². The fourth-order valence-corrected chi connectivity index (χ4v) is 21.2. The molecule has 0 spiro atoms. The number of halogens is 1. The average molecular weight is 1170 g/mol. The van der Waals surface area contributed by atoms with Gasteiger partial charge in [0.05, 0.1) is 20.4 Å². The topological polar surface area (TPSA) is 9.86 Å². The van der Waals surface area contributed by atoms with Crippen LogP contribution in [0.2, 0.25) is 44.5 Å². The van der Waals surface area contributed by atoms with Crippen LogP contribution in [-0.4, -0.2) is 63.1 Å². The van der Waals surface area contributed by atoms with Gasteiger partial charge in [0.1, 0.15) is 0 Å². The van der Waals surface area contributed by atoms with E-state index >= 15 is 0 Å². The van der Waals surface area contributed by atoms with Crippen molar-refractivity contribution < 1.29 is 18.9 Å². The molecule has 0 atom stereocenters. The SMILES string of the molecule is CCCCCCCCn1c2c[c]([Sn]([CH3])([CH3])[CH3])sc2c2s[c]([Sn]([CH3])([CH3])[CH3])cc21.CCCCCCCCn1c2ccsc2c2sccc21.[CH2-]CCC.[CH3][Sn]([CH3])([CH3])[Cl].[Li+]. The van der Waals surface area contributed by atoms with Crippen molar-refractivity contribution in [1.29, 1.82) is 0 Å². The summed E-state index contributed by atoms with van der Waals surface area (Å²) in [6, 6.07) is 9.73. The molecule has 56 heavy (non-hydrogen) atoms. The van der Waals surface area contributed by atoms with E-state index in [0.29, 0.717) is 0 Å². The number of hydrogen-bond acceptors (Lipinski definition) is 4. The second-order valence-corrected chi connectivity index (χ2v) is 72.4. The number of aryl methyl sites for hydroxylation is 2. The molecule has 0 amide bonds. The number of thiophene rings is 4. The Hall–Kier alpha value is 1.68. The first-order valence-electron chi connectivity index (χ1n) is 21.4. The maximum Gasteiger partial charge on any atom is 1.00 e. The summed E-state index contributed by atoms with van der Waals surface area (Å²) >= 11 is 2.30. The van der Waals surface area contributed by atoms with Crippen molar-refractivity contribution >= 4 is 155 Å². The molecule has 6 aromatic rings. The standard InChI is InChI=1S/C16H21NS2.C16H19NS2.C4H9.9CH3.ClH.Li.3Sn/c2*1-2-3-4-5-6-7-10-17-13-8-11-18-15(13)16-14(17)9-12-19-16;1-3-4-2;;;;;;;;;;;;;;/h8-9,11-12H,2-7,10H2,1H3;8-9H,2-7,10H2,1H3;1,3-4H2,2H3;9*1H3;1H;;;;/q;;-1;;;;;;;;;;;+1;;;+1/p-1. The predicted molar refractivity (Wildman–Crippen MR) is 273 cm³/mol. The van der Waals surface area contributed by atoms with Gasteiger partial charge >= 0.3 is 244 Å². The van der Waals surface area contributed by atoms with Crippen LogP contribution in [0.5, 0.6) is 0 Å². The molecule has 0 saturated carbocycles. The zero-order valence-electron chi connectivity index (χ0n) is 37.9. The van der Waals surface area contributed by atoms with Crippen LogP contribution in [0.25, 0.3) is 40.9 Å². The van der Waals surface area contributed by atoms with Crippen molar-refractivity contribution in [3.05, 3.63) is 41.9 Å². The molecule has 0 radical (unpaired) electrons. The Morgan fingerprint density at radius 2 is 0.839 bits per heavy atom. The van der Waals surface area contributed by atoms with E-state index in [2.05, 4.69) is 139 Å². The van der Waals surface area contributed by atoms with Gasteiger partial charge in [-0.2, -0.15) is 6.42 Å². The molecule has 0 aromatic carbocycles. The summed E-state index contributed by atoms with van der Waals surface area (Å²) in [5.41, 5.74) is 5.99. The molecule has 0 N–H and O–H groups in total. The van der Waals surface area contributed by atoms with E-state index in [1.807, 2.05) is 22.7 Å². The van der Waals surface area contributed by atoms with Crippen molar-refractivity contribution in [2.24, 2.45) is 0 Å². The molecular weight excluding hydrogens is 1100 g/mol. The van der Waals surface area contributed by atoms with E-state index in [1.54, 1.807) is 26.2 Å². The normalized spacial score (nSPS) is 12.0. The molecule has 0 aliphatic rings. The minimum atomic E-state index is -2.01. The van der Waals surface area contributed by atoms with Crippen LogP contribution in [0, 0.1) is 6.92 Å². The summed E-state index contributed by atoms with van der Waals surface area (Å²) in [5.74, 6) is 0. The zero-order chi connectivity index (χ0) is 40.8. The quantitative estimate of drug-likeness (QED) is 0.0489. The average Bonchev–Trinajstić information content (AvgIpc) is 3.93. The molecule has 0 aliphatic carbocycles. The Labute approximate surface area is 387 Å². The Balaban J connectivity index is 0.000000324. The molecule has 0 saturated heterocycles. The van der Waals surface area contributed by atoms with Gasteiger partial charge in [-0.05, 0) is 29.3 Å². The second-order valence-electron chi connectivity index (χ2n) is 18.2. The number of nitrogens with zero attached hydrogens (tertiary/aromatic N) is 2. The zero-order valence-corrected chi connectivity index (χ0v) is 50.5. The molecule has 310 valence electrons. The van der Waals surface area contributed by atoms with Gasteiger partial charge in [-0.3, -0.25) is 0 Å². The summed E-state index contributed by atoms with van der Waals surface area (Å²) < 4.78 is 14.9. The van der Waals surface area contributed by atoms with Crippen molar-refractivity contribution in [3.8, 4) is 0 Å². The molecule has 0 fully saturated rings. The molecule has 2 nitrogen and oxygen atoms in total. The summed E-state index contributed by atoms with van der Waals surface area (Å²) in [6.07, 6.45) is 18.8. The molecule has 0 bridgehead atoms. The van der Waals surface area contributed by atoms with E-state index in [1.165, 1.54) is 117 Å². The van der Waals surface area contributed by atoms with E-state index < -0.39 is 54.0 Å². The third-order valence-corrected chi connectivity index (χ3v) is 32.8. The maximum atomic E-state index is 5.74. The minimum absolute atomic E-state index is 0. The van der Waals surface area contributed by atoms with Gasteiger partial charge in [0, 0.05) is 6.54 Å². The van der Waals surface area contributed by atoms with Crippen molar-refractivity contribution in [2.45, 2.75) is 168 Å². The van der Waals surface area contributed by atoms with Crippen LogP contribution in [0.1, 0.15) is 111 Å². The van der Waals surface area contributed by atoms with Crippen LogP contribution < -0.4 is 24.6 Å². The Morgan fingerprint density at radius 1 is 0.518 bits per heavy atom. The number of unbranched alkanes of at least 4 members (excludes halogenated alkanes) is 11. The van der Waals surface area contributed by atoms with Crippen LogP contribution in [0.3, 0.4) is 0 Å². The largest absolute Gasteiger partial charge is 1.00 e. The fraction of sp³-hybridized carbons (Fsp3) is 0.622. The first-order valence-corrected chi connectivity index (χ1v) is 57.0. The van der Waals surface area contributed by atoms with Gasteiger partial charge in [-0.1, -0.05) is 52.4 Å². The maximum absolute atomic E-state index is 5.74. The monoisotopic (exact) mass is 1170 g/mol. The van der Waals surface area contributed by atoms with Crippen molar-refractivity contribution in [2.75, 3.05) is 0 Å². The smallest absolute Gasteiger partial charge is 1.00 e. The van der Waals surface area contributed by atoms with Crippen LogP contribution in [0.4, 0.5) is 0 Å². The van der Waals surface area contributed by atoms with Gasteiger partial charge in [0.15, 0.2) is 0 Å². The molecule has 11 heteroatoms. The summed E-state index contributed by atoms with van der Waals surface area (Å²) in [5, 5.41) is 4.45. The third-order valence-electron chi connectivity index (χ3n) is 9.59. The van der Waals surface area contributed by atoms with E-state index in [-0.39, 0.29) is 18.9 Å². The van der Waals surface area contributed by atoms with Crippen LogP contribution >= 0.6 is 54.3 Å². The Kier molecular flexibility index (Phi) is 25.3. The van der Waals surface area contributed by atoms with Gasteiger partial charge in [-0.25, -0.2) is 0 Å². The number of hydrogen-bond donors (Lipinski definition) is 0. The van der Waals surface area contributed by atoms with E-state index in [4.69, 9.17) is 8.92 Å². The Morgan fingerprint density at radius 3 is 1.16 bits per heavy atom. The van der Waals surface area contributed by atoms with Crippen LogP contribution in [0.15, 0.2) is 35.0 Å².